The van der Waals surface area contributed by atoms with Crippen LogP contribution in [0.4, 0.5) is 4.39 Å². The van der Waals surface area contributed by atoms with Crippen molar-refractivity contribution in [2.24, 2.45) is 0 Å². The first kappa shape index (κ1) is 11.8. The summed E-state index contributed by atoms with van der Waals surface area (Å²) in [7, 11) is 0. The van der Waals surface area contributed by atoms with Crippen LogP contribution in [0.2, 0.25) is 0 Å². The molecule has 1 saturated heterocycles. The van der Waals surface area contributed by atoms with Gasteiger partial charge in [-0.1, -0.05) is 18.7 Å². The van der Waals surface area contributed by atoms with E-state index in [0.29, 0.717) is 0 Å². The minimum atomic E-state index is -0.463. The molecule has 1 aliphatic rings. The summed E-state index contributed by atoms with van der Waals surface area (Å²) in [6.07, 6.45) is 0. The number of halogens is 1. The maximum absolute atomic E-state index is 12.0. The highest BCUT2D eigenvalue weighted by Crippen LogP contribution is 2.24. The summed E-state index contributed by atoms with van der Waals surface area (Å²) in [5.41, 5.74) is 2.21. The van der Waals surface area contributed by atoms with Gasteiger partial charge >= 0.3 is 0 Å². The lowest BCUT2D eigenvalue weighted by Gasteiger charge is -2.13. The van der Waals surface area contributed by atoms with Gasteiger partial charge in [0.1, 0.15) is 19.0 Å². The van der Waals surface area contributed by atoms with Gasteiger partial charge in [0.15, 0.2) is 0 Å². The third-order valence-corrected chi connectivity index (χ3v) is 2.80. The van der Waals surface area contributed by atoms with Crippen LogP contribution in [-0.4, -0.2) is 19.8 Å². The number of alkyl halides is 1. The van der Waals surface area contributed by atoms with Gasteiger partial charge in [0.2, 0.25) is 0 Å². The number of hydrogen-bond acceptors (Lipinski definition) is 3. The summed E-state index contributed by atoms with van der Waals surface area (Å²) in [6, 6.07) is 6.20. The number of aryl methyl sites for hydroxylation is 1. The van der Waals surface area contributed by atoms with E-state index in [1.54, 1.807) is 0 Å². The highest BCUT2D eigenvalue weighted by atomic mass is 19.1. The molecule has 92 valence electrons. The van der Waals surface area contributed by atoms with Crippen LogP contribution in [0.15, 0.2) is 30.6 Å². The molecule has 1 aromatic carbocycles. The fourth-order valence-corrected chi connectivity index (χ4v) is 1.94. The molecule has 2 rings (SSSR count). The van der Waals surface area contributed by atoms with Gasteiger partial charge < -0.3 is 15.4 Å². The van der Waals surface area contributed by atoms with E-state index in [0.717, 1.165) is 23.7 Å². The summed E-state index contributed by atoms with van der Waals surface area (Å²) in [4.78, 5) is 0. The molecule has 17 heavy (non-hydrogen) atoms. The molecule has 0 amide bonds. The van der Waals surface area contributed by atoms with Crippen LogP contribution in [0.1, 0.15) is 17.2 Å². The molecule has 0 radical (unpaired) electrons. The van der Waals surface area contributed by atoms with E-state index in [4.69, 9.17) is 4.74 Å². The first-order chi connectivity index (χ1) is 8.20. The summed E-state index contributed by atoms with van der Waals surface area (Å²) in [6.45, 7) is 6.27. The van der Waals surface area contributed by atoms with Crippen LogP contribution in [0.3, 0.4) is 0 Å². The molecule has 0 aliphatic carbocycles. The highest BCUT2D eigenvalue weighted by molar-refractivity contribution is 5.38. The molecule has 1 atom stereocenters. The Hall–Kier alpha value is -1.71. The van der Waals surface area contributed by atoms with Crippen molar-refractivity contribution >= 4 is 0 Å². The fourth-order valence-electron chi connectivity index (χ4n) is 1.94. The van der Waals surface area contributed by atoms with E-state index in [1.165, 1.54) is 5.56 Å². The number of nitrogens with one attached hydrogen (secondary N) is 2. The maximum atomic E-state index is 12.0. The molecule has 3 nitrogen and oxygen atoms in total. The second-order valence-corrected chi connectivity index (χ2v) is 4.12. The Morgan fingerprint density at radius 3 is 2.94 bits per heavy atom. The predicted octanol–water partition coefficient (Wildman–Crippen LogP) is 2.05. The number of benzene rings is 1. The van der Waals surface area contributed by atoms with Gasteiger partial charge in [-0.15, -0.1) is 0 Å². The van der Waals surface area contributed by atoms with Crippen molar-refractivity contribution in [1.82, 2.24) is 10.6 Å². The minimum Gasteiger partial charge on any atom is -0.491 e. The largest absolute Gasteiger partial charge is 0.491 e. The predicted molar refractivity (Wildman–Crippen MR) is 65.7 cm³/mol. The van der Waals surface area contributed by atoms with Gasteiger partial charge in [0.05, 0.1) is 11.9 Å². The number of rotatable bonds is 4. The molecule has 1 aromatic rings. The zero-order valence-electron chi connectivity index (χ0n) is 9.92. The first-order valence-corrected chi connectivity index (χ1v) is 5.69. The van der Waals surface area contributed by atoms with Crippen molar-refractivity contribution in [3.63, 3.8) is 0 Å². The van der Waals surface area contributed by atoms with Crippen molar-refractivity contribution in [3.05, 3.63) is 41.7 Å². The molecule has 1 aliphatic heterocycles. The van der Waals surface area contributed by atoms with Gasteiger partial charge in [-0.25, -0.2) is 4.39 Å². The van der Waals surface area contributed by atoms with Gasteiger partial charge in [0, 0.05) is 6.54 Å². The third-order valence-electron chi connectivity index (χ3n) is 2.80. The molecule has 0 spiro atoms. The molecule has 0 aromatic heterocycles. The molecule has 0 saturated carbocycles. The number of hydrogen-bond donors (Lipinski definition) is 2. The van der Waals surface area contributed by atoms with Crippen LogP contribution in [0, 0.1) is 6.92 Å². The topological polar surface area (TPSA) is 33.3 Å². The average molecular weight is 236 g/mol. The summed E-state index contributed by atoms with van der Waals surface area (Å²) in [5, 5.41) is 6.40. The molecule has 1 fully saturated rings. The molecular formula is C13H17FN2O. The minimum absolute atomic E-state index is 0.111. The SMILES string of the molecule is C=C1NCC(c2ccc(OCCF)c(C)c2)N1. The smallest absolute Gasteiger partial charge is 0.123 e. The standard InChI is InChI=1S/C13H17FN2O/c1-9-7-11(12-8-15-10(2)16-12)3-4-13(9)17-6-5-14/h3-4,7,12,15-16H,2,5-6,8H2,1H3. The Morgan fingerprint density at radius 2 is 2.35 bits per heavy atom. The normalized spacial score (nSPS) is 18.7. The molecule has 1 unspecified atom stereocenters. The second kappa shape index (κ2) is 5.08. The Morgan fingerprint density at radius 1 is 1.53 bits per heavy atom. The van der Waals surface area contributed by atoms with Crippen LogP contribution in [-0.2, 0) is 0 Å². The highest BCUT2D eigenvalue weighted by Gasteiger charge is 2.18. The van der Waals surface area contributed by atoms with Crippen molar-refractivity contribution in [2.45, 2.75) is 13.0 Å². The molecular weight excluding hydrogens is 219 g/mol. The van der Waals surface area contributed by atoms with Crippen LogP contribution in [0.5, 0.6) is 5.75 Å². The van der Waals surface area contributed by atoms with E-state index >= 15 is 0 Å². The molecule has 1 heterocycles. The van der Waals surface area contributed by atoms with Crippen molar-refractivity contribution < 1.29 is 9.13 Å². The molecule has 4 heteroatoms. The van der Waals surface area contributed by atoms with E-state index < -0.39 is 6.67 Å². The zero-order chi connectivity index (χ0) is 12.3. The van der Waals surface area contributed by atoms with E-state index in [1.807, 2.05) is 19.1 Å². The van der Waals surface area contributed by atoms with Gasteiger partial charge in [0.25, 0.3) is 0 Å². The third kappa shape index (κ3) is 2.70. The Kier molecular flexibility index (Phi) is 3.52. The van der Waals surface area contributed by atoms with Crippen LogP contribution < -0.4 is 15.4 Å². The lowest BCUT2D eigenvalue weighted by atomic mass is 10.0. The summed E-state index contributed by atoms with van der Waals surface area (Å²) < 4.78 is 17.3. The Balaban J connectivity index is 2.10. The summed E-state index contributed by atoms with van der Waals surface area (Å²) in [5.74, 6) is 1.60. The summed E-state index contributed by atoms with van der Waals surface area (Å²) >= 11 is 0. The maximum Gasteiger partial charge on any atom is 0.123 e. The molecule has 0 bridgehead atoms. The zero-order valence-corrected chi connectivity index (χ0v) is 9.92. The lowest BCUT2D eigenvalue weighted by Crippen LogP contribution is -2.13. The van der Waals surface area contributed by atoms with Crippen molar-refractivity contribution in [1.29, 1.82) is 0 Å². The second-order valence-electron chi connectivity index (χ2n) is 4.12. The van der Waals surface area contributed by atoms with Crippen LogP contribution in [0.25, 0.3) is 0 Å². The van der Waals surface area contributed by atoms with Crippen molar-refractivity contribution in [2.75, 3.05) is 19.8 Å². The quantitative estimate of drug-likeness (QED) is 0.839. The van der Waals surface area contributed by atoms with E-state index in [9.17, 15) is 4.39 Å². The van der Waals surface area contributed by atoms with E-state index in [2.05, 4.69) is 23.3 Å². The average Bonchev–Trinajstić information content (AvgIpc) is 2.74. The lowest BCUT2D eigenvalue weighted by molar-refractivity contribution is 0.271. The number of ether oxygens (including phenoxy) is 1. The van der Waals surface area contributed by atoms with Gasteiger partial charge in [-0.05, 0) is 24.1 Å². The van der Waals surface area contributed by atoms with Crippen molar-refractivity contribution in [3.8, 4) is 5.75 Å². The van der Waals surface area contributed by atoms with Gasteiger partial charge in [-0.2, -0.15) is 0 Å². The van der Waals surface area contributed by atoms with E-state index in [-0.39, 0.29) is 12.6 Å². The first-order valence-electron chi connectivity index (χ1n) is 5.69. The fraction of sp³-hybridized carbons (Fsp3) is 0.385. The Bertz CT molecular complexity index is 420. The van der Waals surface area contributed by atoms with Crippen LogP contribution >= 0.6 is 0 Å². The monoisotopic (exact) mass is 236 g/mol. The Labute approximate surface area is 101 Å². The molecule has 2 N–H and O–H groups in total. The van der Waals surface area contributed by atoms with Gasteiger partial charge in [-0.3, -0.25) is 0 Å².